The number of nitrogens with two attached hydrogens (primary N) is 1. The van der Waals surface area contributed by atoms with Gasteiger partial charge < -0.3 is 25.8 Å². The first kappa shape index (κ1) is 15.0. The molecule has 120 valence electrons. The molecule has 3 rings (SSSR count). The number of ether oxygens (including phenoxy) is 1. The highest BCUT2D eigenvalue weighted by molar-refractivity contribution is 5.72. The summed E-state index contributed by atoms with van der Waals surface area (Å²) in [6, 6.07) is 14.0. The number of nitrogens with zero attached hydrogens (tertiary/aromatic N) is 1. The van der Waals surface area contributed by atoms with Crippen LogP contribution in [0.5, 0.6) is 11.5 Å². The van der Waals surface area contributed by atoms with E-state index in [-0.39, 0.29) is 17.9 Å². The average molecular weight is 313 g/mol. The normalized spacial score (nSPS) is 19.2. The standard InChI is InChI=1S/C17H19N3O3/c1-20(17(18)22)10-14-16(11-5-3-2-4-6-11)23-15-8-7-12(21)9-13(15)19-14/h2-9,14,16,19,21H,10H2,1H3,(H2,18,22). The SMILES string of the molecule is CN(CC1Nc2cc(O)ccc2OC1c1ccccc1)C(N)=O. The number of primary amides is 1. The lowest BCUT2D eigenvalue weighted by molar-refractivity contribution is 0.150. The number of nitrogens with one attached hydrogen (secondary N) is 1. The van der Waals surface area contributed by atoms with E-state index in [1.54, 1.807) is 25.2 Å². The summed E-state index contributed by atoms with van der Waals surface area (Å²) >= 11 is 0. The van der Waals surface area contributed by atoms with E-state index in [9.17, 15) is 9.90 Å². The van der Waals surface area contributed by atoms with Crippen molar-refractivity contribution in [3.8, 4) is 11.5 Å². The molecule has 1 aliphatic heterocycles. The summed E-state index contributed by atoms with van der Waals surface area (Å²) in [5.74, 6) is 0.814. The molecule has 0 spiro atoms. The summed E-state index contributed by atoms with van der Waals surface area (Å²) in [5.41, 5.74) is 7.03. The van der Waals surface area contributed by atoms with Gasteiger partial charge in [0.2, 0.25) is 0 Å². The van der Waals surface area contributed by atoms with Gasteiger partial charge in [0.05, 0.1) is 11.7 Å². The number of aromatic hydroxyl groups is 1. The molecule has 1 aliphatic rings. The van der Waals surface area contributed by atoms with Crippen LogP contribution in [0.2, 0.25) is 0 Å². The van der Waals surface area contributed by atoms with Crippen molar-refractivity contribution in [2.75, 3.05) is 18.9 Å². The second-order valence-electron chi connectivity index (χ2n) is 5.60. The number of phenolic OH excluding ortho intramolecular Hbond substituents is 1. The molecule has 4 N–H and O–H groups in total. The van der Waals surface area contributed by atoms with Crippen LogP contribution in [-0.2, 0) is 0 Å². The molecule has 0 bridgehead atoms. The molecule has 23 heavy (non-hydrogen) atoms. The maximum absolute atomic E-state index is 11.4. The Bertz CT molecular complexity index is 705. The number of anilines is 1. The average Bonchev–Trinajstić information content (AvgIpc) is 2.54. The van der Waals surface area contributed by atoms with Gasteiger partial charge >= 0.3 is 6.03 Å². The summed E-state index contributed by atoms with van der Waals surface area (Å²) < 4.78 is 6.11. The van der Waals surface area contributed by atoms with Crippen LogP contribution in [0, 0.1) is 0 Å². The third-order valence-electron chi connectivity index (χ3n) is 3.90. The molecule has 0 saturated heterocycles. The van der Waals surface area contributed by atoms with Gasteiger partial charge in [0.25, 0.3) is 0 Å². The van der Waals surface area contributed by atoms with Gasteiger partial charge in [0.15, 0.2) is 0 Å². The first-order valence-electron chi connectivity index (χ1n) is 7.36. The Balaban J connectivity index is 1.93. The lowest BCUT2D eigenvalue weighted by atomic mass is 9.99. The predicted molar refractivity (Wildman–Crippen MR) is 87.5 cm³/mol. The highest BCUT2D eigenvalue weighted by Crippen LogP contribution is 2.39. The lowest BCUT2D eigenvalue weighted by Crippen LogP contribution is -2.46. The van der Waals surface area contributed by atoms with Crippen LogP contribution in [0.1, 0.15) is 11.7 Å². The van der Waals surface area contributed by atoms with Crippen molar-refractivity contribution in [2.24, 2.45) is 5.73 Å². The summed E-state index contributed by atoms with van der Waals surface area (Å²) in [4.78, 5) is 12.8. The molecule has 0 aliphatic carbocycles. The Hall–Kier alpha value is -2.89. The van der Waals surface area contributed by atoms with Gasteiger partial charge in [0.1, 0.15) is 17.6 Å². The zero-order chi connectivity index (χ0) is 16.4. The Morgan fingerprint density at radius 2 is 2.04 bits per heavy atom. The van der Waals surface area contributed by atoms with E-state index in [2.05, 4.69) is 5.32 Å². The first-order valence-corrected chi connectivity index (χ1v) is 7.36. The van der Waals surface area contributed by atoms with Crippen LogP contribution in [0.4, 0.5) is 10.5 Å². The van der Waals surface area contributed by atoms with Crippen molar-refractivity contribution < 1.29 is 14.6 Å². The molecule has 2 aromatic rings. The van der Waals surface area contributed by atoms with E-state index in [0.29, 0.717) is 18.0 Å². The minimum Gasteiger partial charge on any atom is -0.508 e. The fourth-order valence-electron chi connectivity index (χ4n) is 2.70. The molecule has 2 atom stereocenters. The number of benzene rings is 2. The molecule has 6 nitrogen and oxygen atoms in total. The van der Waals surface area contributed by atoms with Crippen molar-refractivity contribution in [3.63, 3.8) is 0 Å². The largest absolute Gasteiger partial charge is 0.508 e. The molecule has 2 amide bonds. The molecule has 2 unspecified atom stereocenters. The lowest BCUT2D eigenvalue weighted by Gasteiger charge is -2.37. The maximum atomic E-state index is 11.4. The van der Waals surface area contributed by atoms with Crippen molar-refractivity contribution >= 4 is 11.7 Å². The predicted octanol–water partition coefficient (Wildman–Crippen LogP) is 2.32. The van der Waals surface area contributed by atoms with Gasteiger partial charge in [-0.3, -0.25) is 0 Å². The third kappa shape index (κ3) is 3.15. The van der Waals surface area contributed by atoms with Crippen LogP contribution < -0.4 is 15.8 Å². The molecule has 6 heteroatoms. The van der Waals surface area contributed by atoms with E-state index in [4.69, 9.17) is 10.5 Å². The highest BCUT2D eigenvalue weighted by atomic mass is 16.5. The van der Waals surface area contributed by atoms with Gasteiger partial charge in [-0.2, -0.15) is 0 Å². The molecule has 0 aromatic heterocycles. The summed E-state index contributed by atoms with van der Waals surface area (Å²) in [5, 5.41) is 13.0. The van der Waals surface area contributed by atoms with Crippen LogP contribution >= 0.6 is 0 Å². The van der Waals surface area contributed by atoms with Gasteiger partial charge in [-0.15, -0.1) is 0 Å². The molecule has 0 fully saturated rings. The fraction of sp³-hybridized carbons (Fsp3) is 0.235. The Morgan fingerprint density at radius 3 is 2.74 bits per heavy atom. The number of carbonyl (C=O) groups is 1. The smallest absolute Gasteiger partial charge is 0.314 e. The molecule has 1 heterocycles. The Labute approximate surface area is 134 Å². The second-order valence-corrected chi connectivity index (χ2v) is 5.60. The molecular weight excluding hydrogens is 294 g/mol. The van der Waals surface area contributed by atoms with Crippen LogP contribution in [0.15, 0.2) is 48.5 Å². The molecule has 0 radical (unpaired) electrons. The van der Waals surface area contributed by atoms with E-state index >= 15 is 0 Å². The number of hydrogen-bond donors (Lipinski definition) is 3. The van der Waals surface area contributed by atoms with Crippen LogP contribution in [0.25, 0.3) is 0 Å². The van der Waals surface area contributed by atoms with Gasteiger partial charge in [-0.1, -0.05) is 30.3 Å². The van der Waals surface area contributed by atoms with Crippen LogP contribution in [0.3, 0.4) is 0 Å². The van der Waals surface area contributed by atoms with Gasteiger partial charge in [-0.25, -0.2) is 4.79 Å². The maximum Gasteiger partial charge on any atom is 0.314 e. The molecule has 2 aromatic carbocycles. The monoisotopic (exact) mass is 313 g/mol. The topological polar surface area (TPSA) is 87.8 Å². The first-order chi connectivity index (χ1) is 11.0. The summed E-state index contributed by atoms with van der Waals surface area (Å²) in [6.07, 6.45) is -0.268. The Kier molecular flexibility index (Phi) is 3.97. The summed E-state index contributed by atoms with van der Waals surface area (Å²) in [7, 11) is 1.64. The number of fused-ring (bicyclic) bond motifs is 1. The molecule has 0 saturated carbocycles. The van der Waals surface area contributed by atoms with Gasteiger partial charge in [0, 0.05) is 19.7 Å². The highest BCUT2D eigenvalue weighted by Gasteiger charge is 2.32. The number of phenols is 1. The fourth-order valence-corrected chi connectivity index (χ4v) is 2.70. The van der Waals surface area contributed by atoms with E-state index < -0.39 is 6.03 Å². The quantitative estimate of drug-likeness (QED) is 0.811. The zero-order valence-electron chi connectivity index (χ0n) is 12.8. The number of rotatable bonds is 3. The number of urea groups is 1. The van der Waals surface area contributed by atoms with Crippen molar-refractivity contribution in [2.45, 2.75) is 12.1 Å². The van der Waals surface area contributed by atoms with E-state index in [1.165, 1.54) is 4.90 Å². The number of carbonyl (C=O) groups excluding carboxylic acids is 1. The van der Waals surface area contributed by atoms with E-state index in [0.717, 1.165) is 5.56 Å². The summed E-state index contributed by atoms with van der Waals surface area (Å²) in [6.45, 7) is 0.379. The van der Waals surface area contributed by atoms with Crippen molar-refractivity contribution in [1.82, 2.24) is 4.90 Å². The minimum atomic E-state index is -0.500. The number of likely N-dealkylation sites (N-methyl/N-ethyl adjacent to an activating group) is 1. The minimum absolute atomic E-state index is 0.153. The van der Waals surface area contributed by atoms with Gasteiger partial charge in [-0.05, 0) is 17.7 Å². The number of hydrogen-bond acceptors (Lipinski definition) is 4. The Morgan fingerprint density at radius 1 is 1.30 bits per heavy atom. The van der Waals surface area contributed by atoms with Crippen molar-refractivity contribution in [1.29, 1.82) is 0 Å². The van der Waals surface area contributed by atoms with Crippen LogP contribution in [-0.4, -0.2) is 35.7 Å². The third-order valence-corrected chi connectivity index (χ3v) is 3.90. The second kappa shape index (κ2) is 6.08. The van der Waals surface area contributed by atoms with Crippen molar-refractivity contribution in [3.05, 3.63) is 54.1 Å². The molecular formula is C17H19N3O3. The number of amides is 2. The van der Waals surface area contributed by atoms with E-state index in [1.807, 2.05) is 30.3 Å². The zero-order valence-corrected chi connectivity index (χ0v) is 12.8.